The molecule has 0 amide bonds. The molecular formula is C17H18N4O4. The van der Waals surface area contributed by atoms with Crippen LogP contribution < -0.4 is 4.74 Å². The second-order valence-electron chi connectivity index (χ2n) is 5.89. The number of aliphatic hydroxyl groups is 2. The summed E-state index contributed by atoms with van der Waals surface area (Å²) in [6.07, 6.45) is 1.45. The molecular weight excluding hydrogens is 324 g/mol. The third-order valence-electron chi connectivity index (χ3n) is 4.21. The van der Waals surface area contributed by atoms with E-state index < -0.39 is 18.4 Å². The molecule has 0 aliphatic carbocycles. The van der Waals surface area contributed by atoms with E-state index in [2.05, 4.69) is 15.0 Å². The van der Waals surface area contributed by atoms with Gasteiger partial charge in [0, 0.05) is 6.42 Å². The summed E-state index contributed by atoms with van der Waals surface area (Å²) < 4.78 is 13.3. The molecule has 4 rings (SSSR count). The Morgan fingerprint density at radius 3 is 2.88 bits per heavy atom. The number of hydrogen-bond donors (Lipinski definition) is 2. The largest absolute Gasteiger partial charge is 0.460 e. The molecule has 8 nitrogen and oxygen atoms in total. The van der Waals surface area contributed by atoms with Gasteiger partial charge >= 0.3 is 6.01 Å². The molecule has 3 heterocycles. The van der Waals surface area contributed by atoms with Crippen LogP contribution in [-0.2, 0) is 11.3 Å². The molecule has 1 saturated heterocycles. The topological polar surface area (TPSA) is 103 Å². The van der Waals surface area contributed by atoms with Gasteiger partial charge in [-0.05, 0) is 5.56 Å². The number of hydrogen-bond acceptors (Lipinski definition) is 7. The second kappa shape index (κ2) is 6.75. The van der Waals surface area contributed by atoms with Gasteiger partial charge in [0.15, 0.2) is 5.65 Å². The van der Waals surface area contributed by atoms with E-state index in [0.717, 1.165) is 5.56 Å². The van der Waals surface area contributed by atoms with Crippen LogP contribution in [-0.4, -0.2) is 48.5 Å². The molecule has 130 valence electrons. The lowest BCUT2D eigenvalue weighted by atomic mass is 10.2. The lowest BCUT2D eigenvalue weighted by molar-refractivity contribution is -0.0456. The van der Waals surface area contributed by atoms with Crippen LogP contribution in [0.25, 0.3) is 11.2 Å². The van der Waals surface area contributed by atoms with Gasteiger partial charge in [-0.3, -0.25) is 4.57 Å². The number of aromatic nitrogens is 4. The van der Waals surface area contributed by atoms with E-state index in [0.29, 0.717) is 30.2 Å². The molecule has 2 aromatic heterocycles. The van der Waals surface area contributed by atoms with Crippen LogP contribution in [0.5, 0.6) is 6.01 Å². The maximum atomic E-state index is 10.0. The van der Waals surface area contributed by atoms with Gasteiger partial charge in [-0.2, -0.15) is 4.98 Å². The summed E-state index contributed by atoms with van der Waals surface area (Å²) in [5.74, 6) is 0. The summed E-state index contributed by atoms with van der Waals surface area (Å²) >= 11 is 0. The van der Waals surface area contributed by atoms with Crippen LogP contribution in [0.2, 0.25) is 0 Å². The number of imidazole rings is 1. The average Bonchev–Trinajstić information content (AvgIpc) is 3.20. The molecule has 1 unspecified atom stereocenters. The summed E-state index contributed by atoms with van der Waals surface area (Å²) in [4.78, 5) is 12.7. The summed E-state index contributed by atoms with van der Waals surface area (Å²) in [7, 11) is 0. The first-order valence-corrected chi connectivity index (χ1v) is 8.05. The van der Waals surface area contributed by atoms with E-state index in [-0.39, 0.29) is 6.61 Å². The minimum Gasteiger partial charge on any atom is -0.460 e. The number of rotatable bonds is 5. The van der Waals surface area contributed by atoms with Gasteiger partial charge in [-0.1, -0.05) is 30.3 Å². The third kappa shape index (κ3) is 3.07. The van der Waals surface area contributed by atoms with Crippen molar-refractivity contribution < 1.29 is 19.7 Å². The van der Waals surface area contributed by atoms with Crippen LogP contribution >= 0.6 is 0 Å². The fourth-order valence-corrected chi connectivity index (χ4v) is 2.95. The fourth-order valence-electron chi connectivity index (χ4n) is 2.95. The molecule has 1 aromatic carbocycles. The highest BCUT2D eigenvalue weighted by atomic mass is 16.6. The molecule has 0 bridgehead atoms. The number of aliphatic hydroxyl groups excluding tert-OH is 2. The maximum Gasteiger partial charge on any atom is 0.301 e. The van der Waals surface area contributed by atoms with Crippen molar-refractivity contribution in [3.05, 3.63) is 48.4 Å². The Bertz CT molecular complexity index is 854. The first-order chi connectivity index (χ1) is 12.3. The van der Waals surface area contributed by atoms with Crippen molar-refractivity contribution in [1.29, 1.82) is 0 Å². The van der Waals surface area contributed by atoms with E-state index in [1.54, 1.807) is 10.8 Å². The van der Waals surface area contributed by atoms with Gasteiger partial charge in [-0.15, -0.1) is 0 Å². The Kier molecular flexibility index (Phi) is 4.31. The minimum atomic E-state index is -0.753. The molecule has 0 spiro atoms. The molecule has 0 saturated carbocycles. The van der Waals surface area contributed by atoms with Crippen LogP contribution in [0.3, 0.4) is 0 Å². The fraction of sp³-hybridized carbons (Fsp3) is 0.353. The van der Waals surface area contributed by atoms with Crippen molar-refractivity contribution in [2.45, 2.75) is 31.5 Å². The zero-order valence-electron chi connectivity index (χ0n) is 13.4. The highest BCUT2D eigenvalue weighted by Crippen LogP contribution is 2.34. The molecule has 8 heteroatoms. The maximum absolute atomic E-state index is 10.0. The average molecular weight is 342 g/mol. The zero-order chi connectivity index (χ0) is 17.2. The van der Waals surface area contributed by atoms with Crippen LogP contribution in [0.1, 0.15) is 18.2 Å². The van der Waals surface area contributed by atoms with Crippen molar-refractivity contribution >= 4 is 11.2 Å². The molecule has 3 aromatic rings. The summed E-state index contributed by atoms with van der Waals surface area (Å²) in [5, 5.41) is 19.4. The van der Waals surface area contributed by atoms with E-state index >= 15 is 0 Å². The van der Waals surface area contributed by atoms with Crippen molar-refractivity contribution in [3.8, 4) is 6.01 Å². The molecule has 2 N–H and O–H groups in total. The van der Waals surface area contributed by atoms with E-state index in [1.165, 1.54) is 6.33 Å². The second-order valence-corrected chi connectivity index (χ2v) is 5.89. The van der Waals surface area contributed by atoms with Crippen molar-refractivity contribution in [3.63, 3.8) is 0 Å². The lowest BCUT2D eigenvalue weighted by Crippen LogP contribution is -2.24. The Labute approximate surface area is 143 Å². The number of ether oxygens (including phenoxy) is 2. The summed E-state index contributed by atoms with van der Waals surface area (Å²) in [6.45, 7) is 0.0930. The number of fused-ring (bicyclic) bond motifs is 1. The van der Waals surface area contributed by atoms with Gasteiger partial charge in [0.1, 0.15) is 30.8 Å². The predicted molar refractivity (Wildman–Crippen MR) is 87.7 cm³/mol. The summed E-state index contributed by atoms with van der Waals surface area (Å²) in [5.41, 5.74) is 2.15. The van der Waals surface area contributed by atoms with Crippen LogP contribution in [0.4, 0.5) is 0 Å². The monoisotopic (exact) mass is 342 g/mol. The van der Waals surface area contributed by atoms with Crippen LogP contribution in [0.15, 0.2) is 42.9 Å². The van der Waals surface area contributed by atoms with Crippen molar-refractivity contribution in [1.82, 2.24) is 19.5 Å². The van der Waals surface area contributed by atoms with Crippen molar-refractivity contribution in [2.75, 3.05) is 6.61 Å². The predicted octanol–water partition coefficient (Wildman–Crippen LogP) is 1.05. The molecule has 0 radical (unpaired) electrons. The molecule has 1 aliphatic heterocycles. The van der Waals surface area contributed by atoms with Gasteiger partial charge in [-0.25, -0.2) is 9.97 Å². The zero-order valence-corrected chi connectivity index (χ0v) is 13.4. The lowest BCUT2D eigenvalue weighted by Gasteiger charge is -2.16. The van der Waals surface area contributed by atoms with E-state index in [9.17, 15) is 10.2 Å². The smallest absolute Gasteiger partial charge is 0.301 e. The quantitative estimate of drug-likeness (QED) is 0.714. The molecule has 3 atom stereocenters. The third-order valence-corrected chi connectivity index (χ3v) is 4.21. The molecule has 1 aliphatic rings. The minimum absolute atomic E-state index is 0.251. The highest BCUT2D eigenvalue weighted by molar-refractivity contribution is 5.71. The standard InChI is InChI=1S/C17H18N4O4/c22-8-14-13(23)6-15(25-14)21-16-12(7-18-10-19-16)20-17(21)24-9-11-4-2-1-3-5-11/h1-5,7,10,13-15,22-23H,6,8-9H2/t13-,14?,15-/m1/s1. The van der Waals surface area contributed by atoms with Crippen LogP contribution in [0, 0.1) is 0 Å². The van der Waals surface area contributed by atoms with E-state index in [1.807, 2.05) is 30.3 Å². The van der Waals surface area contributed by atoms with E-state index in [4.69, 9.17) is 9.47 Å². The number of benzene rings is 1. The SMILES string of the molecule is OCC1O[C@@H](n2c(OCc3ccccc3)nc3cncnc32)C[C@H]1O. The Balaban J connectivity index is 1.66. The first-order valence-electron chi connectivity index (χ1n) is 8.05. The van der Waals surface area contributed by atoms with Crippen molar-refractivity contribution in [2.24, 2.45) is 0 Å². The normalized spacial score (nSPS) is 23.2. The first kappa shape index (κ1) is 15.9. The Morgan fingerprint density at radius 2 is 2.12 bits per heavy atom. The number of nitrogens with zero attached hydrogens (tertiary/aromatic N) is 4. The summed E-state index contributed by atoms with van der Waals surface area (Å²) in [6, 6.07) is 10.1. The highest BCUT2D eigenvalue weighted by Gasteiger charge is 2.37. The Morgan fingerprint density at radius 1 is 1.28 bits per heavy atom. The molecule has 1 fully saturated rings. The van der Waals surface area contributed by atoms with Gasteiger partial charge in [0.05, 0.1) is 18.9 Å². The molecule has 25 heavy (non-hydrogen) atoms. The van der Waals surface area contributed by atoms with Gasteiger partial charge < -0.3 is 19.7 Å². The van der Waals surface area contributed by atoms with Gasteiger partial charge in [0.2, 0.25) is 0 Å². The van der Waals surface area contributed by atoms with Gasteiger partial charge in [0.25, 0.3) is 0 Å². The Hall–Kier alpha value is -2.55.